The van der Waals surface area contributed by atoms with Crippen molar-refractivity contribution in [3.63, 3.8) is 0 Å². The molecule has 6 N–H and O–H groups in total. The summed E-state index contributed by atoms with van der Waals surface area (Å²) in [5.41, 5.74) is 9.64. The van der Waals surface area contributed by atoms with Crippen molar-refractivity contribution in [2.75, 3.05) is 12.3 Å². The van der Waals surface area contributed by atoms with Gasteiger partial charge in [0.2, 0.25) is 6.35 Å². The first kappa shape index (κ1) is 26.4. The van der Waals surface area contributed by atoms with E-state index in [1.807, 2.05) is 31.2 Å². The number of hydrogen-bond donors (Lipinski definition) is 5. The standard InChI is InChI=1S/C24H37N5O5S/c1-16(17-6-3-2-4-7-17)23-28(14-5-15-35(23,33)34)24(31)29(32)27-22(30)19-10-8-18(9-11-19)20-12-13-21(25)26-20/h2-3,8,10-13,16-18,21-24,27,30-32H,4-7,9,14-15,25H2,1H3. The molecule has 11 heteroatoms. The number of allylic oxidation sites excluding steroid dienone is 5. The van der Waals surface area contributed by atoms with Crippen molar-refractivity contribution >= 4 is 15.5 Å². The second kappa shape index (κ2) is 11.1. The zero-order valence-electron chi connectivity index (χ0n) is 20.0. The highest BCUT2D eigenvalue weighted by Gasteiger charge is 2.45. The van der Waals surface area contributed by atoms with Crippen LogP contribution in [-0.2, 0) is 9.84 Å². The number of rotatable bonds is 8. The minimum Gasteiger partial charge on any atom is -0.373 e. The molecular formula is C24H37N5O5S. The molecule has 2 aliphatic carbocycles. The van der Waals surface area contributed by atoms with E-state index in [-0.39, 0.29) is 29.7 Å². The van der Waals surface area contributed by atoms with Gasteiger partial charge in [-0.15, -0.1) is 0 Å². The Morgan fingerprint density at radius 1 is 1.23 bits per heavy atom. The SMILES string of the molecule is CC(C1CC=CCC1)C1N(C(O)N(O)NC(O)C2=CCC(C3=NC(N)C=C3)C=C2)CCCS1(=O)=O. The lowest BCUT2D eigenvalue weighted by molar-refractivity contribution is -0.296. The highest BCUT2D eigenvalue weighted by molar-refractivity contribution is 7.92. The fraction of sp³-hybridized carbons (Fsp3) is 0.625. The summed E-state index contributed by atoms with van der Waals surface area (Å²) in [7, 11) is -3.50. The van der Waals surface area contributed by atoms with Gasteiger partial charge >= 0.3 is 0 Å². The smallest absolute Gasteiger partial charge is 0.203 e. The van der Waals surface area contributed by atoms with Crippen molar-refractivity contribution < 1.29 is 23.8 Å². The number of nitrogens with two attached hydrogens (primary N) is 1. The molecular weight excluding hydrogens is 470 g/mol. The molecule has 1 saturated heterocycles. The van der Waals surface area contributed by atoms with Gasteiger partial charge in [-0.25, -0.2) is 13.3 Å². The van der Waals surface area contributed by atoms with Crippen LogP contribution >= 0.6 is 0 Å². The highest BCUT2D eigenvalue weighted by atomic mass is 32.2. The topological polar surface area (TPSA) is 152 Å². The van der Waals surface area contributed by atoms with E-state index in [2.05, 4.69) is 22.6 Å². The Morgan fingerprint density at radius 2 is 2.03 bits per heavy atom. The predicted octanol–water partition coefficient (Wildman–Crippen LogP) is 1.01. The Hall–Kier alpha value is -1.70. The molecule has 1 fully saturated rings. The maximum absolute atomic E-state index is 13.1. The minimum atomic E-state index is -3.50. The molecule has 2 aliphatic heterocycles. The van der Waals surface area contributed by atoms with Crippen LogP contribution in [0.3, 0.4) is 0 Å². The molecule has 4 rings (SSSR count). The van der Waals surface area contributed by atoms with Crippen molar-refractivity contribution in [2.24, 2.45) is 28.5 Å². The lowest BCUT2D eigenvalue weighted by atomic mass is 9.83. The van der Waals surface area contributed by atoms with E-state index in [0.29, 0.717) is 30.1 Å². The zero-order chi connectivity index (χ0) is 25.2. The van der Waals surface area contributed by atoms with Gasteiger partial charge in [-0.3, -0.25) is 10.2 Å². The number of sulfone groups is 1. The van der Waals surface area contributed by atoms with E-state index in [4.69, 9.17) is 5.73 Å². The number of aliphatic imine (C=N–C) groups is 1. The molecule has 0 aromatic heterocycles. The number of aliphatic hydroxyl groups is 2. The Bertz CT molecular complexity index is 1020. The van der Waals surface area contributed by atoms with Crippen molar-refractivity contribution in [3.8, 4) is 0 Å². The molecule has 0 bridgehead atoms. The molecule has 0 saturated carbocycles. The van der Waals surface area contributed by atoms with E-state index >= 15 is 0 Å². The normalized spacial score (nSPS) is 33.4. The van der Waals surface area contributed by atoms with Gasteiger partial charge in [0.15, 0.2) is 9.84 Å². The third kappa shape index (κ3) is 6.00. The molecule has 2 heterocycles. The van der Waals surface area contributed by atoms with Crippen LogP contribution in [0.1, 0.15) is 39.0 Å². The summed E-state index contributed by atoms with van der Waals surface area (Å²) in [6.45, 7) is 2.22. The highest BCUT2D eigenvalue weighted by Crippen LogP contribution is 2.35. The van der Waals surface area contributed by atoms with Crippen molar-refractivity contribution in [1.29, 1.82) is 0 Å². The summed E-state index contributed by atoms with van der Waals surface area (Å²) in [5.74, 6) is 0.0684. The van der Waals surface area contributed by atoms with Gasteiger partial charge in [0, 0.05) is 18.2 Å². The number of hydrazine groups is 1. The van der Waals surface area contributed by atoms with E-state index in [1.54, 1.807) is 6.08 Å². The van der Waals surface area contributed by atoms with Crippen LogP contribution < -0.4 is 11.2 Å². The van der Waals surface area contributed by atoms with Crippen LogP contribution in [-0.4, -0.2) is 76.0 Å². The quantitative estimate of drug-likeness (QED) is 0.184. The average molecular weight is 508 g/mol. The molecule has 7 atom stereocenters. The average Bonchev–Trinajstić information content (AvgIpc) is 3.29. The first-order chi connectivity index (χ1) is 16.7. The van der Waals surface area contributed by atoms with E-state index in [1.165, 1.54) is 4.90 Å². The first-order valence-electron chi connectivity index (χ1n) is 12.3. The lowest BCUT2D eigenvalue weighted by Crippen LogP contribution is -2.63. The molecule has 0 amide bonds. The molecule has 194 valence electrons. The molecule has 10 nitrogen and oxygen atoms in total. The van der Waals surface area contributed by atoms with Gasteiger partial charge in [-0.2, -0.15) is 5.43 Å². The summed E-state index contributed by atoms with van der Waals surface area (Å²) in [6.07, 6.45) is 13.7. The van der Waals surface area contributed by atoms with Crippen molar-refractivity contribution in [3.05, 3.63) is 48.1 Å². The molecule has 0 spiro atoms. The van der Waals surface area contributed by atoms with Crippen LogP contribution in [0.4, 0.5) is 0 Å². The fourth-order valence-corrected chi connectivity index (χ4v) is 7.72. The van der Waals surface area contributed by atoms with Gasteiger partial charge < -0.3 is 15.9 Å². The Morgan fingerprint density at radius 3 is 2.66 bits per heavy atom. The number of nitrogens with zero attached hydrogens (tertiary/aromatic N) is 3. The summed E-state index contributed by atoms with van der Waals surface area (Å²) in [4.78, 5) is 5.77. The Kier molecular flexibility index (Phi) is 8.39. The largest absolute Gasteiger partial charge is 0.373 e. The fourth-order valence-electron chi connectivity index (χ4n) is 5.45. The molecule has 7 unspecified atom stereocenters. The number of hydroxylamine groups is 1. The zero-order valence-corrected chi connectivity index (χ0v) is 20.8. The summed E-state index contributed by atoms with van der Waals surface area (Å²) >= 11 is 0. The molecule has 0 aromatic carbocycles. The van der Waals surface area contributed by atoms with Crippen molar-refractivity contribution in [2.45, 2.75) is 63.1 Å². The van der Waals surface area contributed by atoms with Gasteiger partial charge in [0.1, 0.15) is 17.8 Å². The second-order valence-corrected chi connectivity index (χ2v) is 12.0. The molecule has 35 heavy (non-hydrogen) atoms. The summed E-state index contributed by atoms with van der Waals surface area (Å²) in [6, 6.07) is 0. The van der Waals surface area contributed by atoms with Gasteiger partial charge in [-0.05, 0) is 61.7 Å². The Balaban J connectivity index is 1.40. The van der Waals surface area contributed by atoms with Gasteiger partial charge in [0.25, 0.3) is 0 Å². The molecule has 0 radical (unpaired) electrons. The van der Waals surface area contributed by atoms with Crippen molar-refractivity contribution in [1.82, 2.24) is 15.5 Å². The van der Waals surface area contributed by atoms with Gasteiger partial charge in [0.05, 0.1) is 5.75 Å². The number of nitrogens with one attached hydrogen (secondary N) is 1. The van der Waals surface area contributed by atoms with Gasteiger partial charge in [-0.1, -0.05) is 42.5 Å². The van der Waals surface area contributed by atoms with Crippen LogP contribution in [0.5, 0.6) is 0 Å². The number of hydrogen-bond acceptors (Lipinski definition) is 10. The monoisotopic (exact) mass is 507 g/mol. The van der Waals surface area contributed by atoms with Crippen LogP contribution in [0.25, 0.3) is 0 Å². The van der Waals surface area contributed by atoms with Crippen LogP contribution in [0.15, 0.2) is 53.1 Å². The van der Waals surface area contributed by atoms with E-state index in [0.717, 1.165) is 25.0 Å². The van der Waals surface area contributed by atoms with Crippen LogP contribution in [0.2, 0.25) is 0 Å². The minimum absolute atomic E-state index is 0.0551. The third-order valence-corrected chi connectivity index (χ3v) is 9.69. The molecule has 4 aliphatic rings. The van der Waals surface area contributed by atoms with E-state index < -0.39 is 27.8 Å². The maximum Gasteiger partial charge on any atom is 0.203 e. The number of aliphatic hydroxyl groups excluding tert-OH is 2. The summed E-state index contributed by atoms with van der Waals surface area (Å²) in [5, 5.41) is 31.6. The molecule has 0 aromatic rings. The first-order valence-corrected chi connectivity index (χ1v) is 14.0. The third-order valence-electron chi connectivity index (χ3n) is 7.40. The van der Waals surface area contributed by atoms with Crippen LogP contribution in [0, 0.1) is 17.8 Å². The predicted molar refractivity (Wildman–Crippen MR) is 133 cm³/mol. The summed E-state index contributed by atoms with van der Waals surface area (Å²) < 4.78 is 26.1. The Labute approximate surface area is 207 Å². The maximum atomic E-state index is 13.1. The van der Waals surface area contributed by atoms with E-state index in [9.17, 15) is 23.8 Å². The second-order valence-electron chi connectivity index (χ2n) is 9.78. The lowest BCUT2D eigenvalue weighted by Gasteiger charge is -2.44.